The number of nitrogens with one attached hydrogen (secondary N) is 2. The zero-order valence-electron chi connectivity index (χ0n) is 9.18. The number of likely N-dealkylation sites (N-methyl/N-ethyl adjacent to an activating group) is 1. The molecule has 0 bridgehead atoms. The molecule has 5 heteroatoms. The Morgan fingerprint density at radius 2 is 2.25 bits per heavy atom. The molecule has 0 aromatic heterocycles. The highest BCUT2D eigenvalue weighted by Gasteiger charge is 2.10. The van der Waals surface area contributed by atoms with Gasteiger partial charge in [-0.15, -0.1) is 0 Å². The van der Waals surface area contributed by atoms with Gasteiger partial charge in [-0.1, -0.05) is 22.0 Å². The molecule has 16 heavy (non-hydrogen) atoms. The second-order valence-corrected chi connectivity index (χ2v) is 4.31. The van der Waals surface area contributed by atoms with Crippen molar-refractivity contribution in [1.29, 1.82) is 0 Å². The van der Waals surface area contributed by atoms with Gasteiger partial charge in [-0.3, -0.25) is 4.79 Å². The van der Waals surface area contributed by atoms with Gasteiger partial charge in [-0.25, -0.2) is 4.39 Å². The van der Waals surface area contributed by atoms with E-state index in [0.29, 0.717) is 11.0 Å². The summed E-state index contributed by atoms with van der Waals surface area (Å²) in [7, 11) is 1.59. The van der Waals surface area contributed by atoms with Crippen molar-refractivity contribution in [3.8, 4) is 0 Å². The van der Waals surface area contributed by atoms with E-state index in [1.165, 1.54) is 12.1 Å². The lowest BCUT2D eigenvalue weighted by atomic mass is 10.2. The average molecular weight is 289 g/mol. The molecule has 1 amide bonds. The van der Waals surface area contributed by atoms with Crippen LogP contribution in [0, 0.1) is 5.82 Å². The molecule has 0 radical (unpaired) electrons. The molecule has 0 spiro atoms. The normalized spacial score (nSPS) is 12.2. The summed E-state index contributed by atoms with van der Waals surface area (Å²) in [5.74, 6) is -0.354. The third kappa shape index (κ3) is 3.57. The Morgan fingerprint density at radius 1 is 1.56 bits per heavy atom. The topological polar surface area (TPSA) is 41.1 Å². The molecule has 2 N–H and O–H groups in total. The van der Waals surface area contributed by atoms with Crippen LogP contribution < -0.4 is 10.6 Å². The van der Waals surface area contributed by atoms with Crippen LogP contribution in [0.2, 0.25) is 0 Å². The number of hydrogen-bond acceptors (Lipinski definition) is 2. The number of rotatable bonds is 4. The van der Waals surface area contributed by atoms with Crippen molar-refractivity contribution in [2.24, 2.45) is 0 Å². The van der Waals surface area contributed by atoms with Gasteiger partial charge in [0.2, 0.25) is 5.91 Å². The number of benzene rings is 1. The first-order valence-corrected chi connectivity index (χ1v) is 5.72. The van der Waals surface area contributed by atoms with Gasteiger partial charge in [0.15, 0.2) is 0 Å². The van der Waals surface area contributed by atoms with E-state index in [-0.39, 0.29) is 17.8 Å². The molecule has 1 aromatic rings. The van der Waals surface area contributed by atoms with E-state index in [4.69, 9.17) is 0 Å². The lowest BCUT2D eigenvalue weighted by Crippen LogP contribution is -2.40. The van der Waals surface area contributed by atoms with Crippen molar-refractivity contribution < 1.29 is 9.18 Å². The predicted octanol–water partition coefficient (Wildman–Crippen LogP) is 1.81. The fourth-order valence-electron chi connectivity index (χ4n) is 1.24. The van der Waals surface area contributed by atoms with Crippen LogP contribution in [0.15, 0.2) is 22.7 Å². The average Bonchev–Trinajstić information content (AvgIpc) is 2.26. The first kappa shape index (κ1) is 13.1. The summed E-state index contributed by atoms with van der Waals surface area (Å²) in [6.45, 7) is 2.28. The van der Waals surface area contributed by atoms with E-state index >= 15 is 0 Å². The molecule has 1 atom stereocenters. The zero-order chi connectivity index (χ0) is 12.1. The Balaban J connectivity index is 2.58. The molecule has 0 fully saturated rings. The molecule has 0 aliphatic carbocycles. The molecule has 3 nitrogen and oxygen atoms in total. The molecule has 0 unspecified atom stereocenters. The minimum Gasteiger partial charge on any atom is -0.358 e. The van der Waals surface area contributed by atoms with Gasteiger partial charge in [0.05, 0.1) is 6.04 Å². The van der Waals surface area contributed by atoms with Gasteiger partial charge in [-0.2, -0.15) is 0 Å². The van der Waals surface area contributed by atoms with Crippen molar-refractivity contribution in [2.75, 3.05) is 7.05 Å². The zero-order valence-corrected chi connectivity index (χ0v) is 10.8. The highest BCUT2D eigenvalue weighted by molar-refractivity contribution is 9.10. The molecule has 0 aliphatic heterocycles. The van der Waals surface area contributed by atoms with E-state index < -0.39 is 0 Å². The van der Waals surface area contributed by atoms with E-state index in [1.807, 2.05) is 0 Å². The van der Waals surface area contributed by atoms with Gasteiger partial charge in [-0.05, 0) is 24.6 Å². The maximum atomic E-state index is 12.8. The first-order valence-electron chi connectivity index (χ1n) is 4.93. The molecule has 0 heterocycles. The van der Waals surface area contributed by atoms with Crippen LogP contribution in [-0.2, 0) is 11.3 Å². The van der Waals surface area contributed by atoms with Crippen LogP contribution >= 0.6 is 15.9 Å². The second-order valence-electron chi connectivity index (χ2n) is 3.45. The molecular weight excluding hydrogens is 275 g/mol. The van der Waals surface area contributed by atoms with Gasteiger partial charge in [0.25, 0.3) is 0 Å². The highest BCUT2D eigenvalue weighted by atomic mass is 79.9. The van der Waals surface area contributed by atoms with Crippen LogP contribution in [0.5, 0.6) is 0 Å². The van der Waals surface area contributed by atoms with Crippen LogP contribution in [0.25, 0.3) is 0 Å². The fraction of sp³-hybridized carbons (Fsp3) is 0.364. The number of hydrogen-bond donors (Lipinski definition) is 2. The number of halogens is 2. The molecule has 1 rings (SSSR count). The third-order valence-electron chi connectivity index (χ3n) is 2.25. The largest absolute Gasteiger partial charge is 0.358 e. The SMILES string of the molecule is CNC(=O)[C@@H](C)NCc1ccc(F)cc1Br. The maximum Gasteiger partial charge on any atom is 0.236 e. The van der Waals surface area contributed by atoms with Crippen molar-refractivity contribution in [1.82, 2.24) is 10.6 Å². The van der Waals surface area contributed by atoms with E-state index in [2.05, 4.69) is 26.6 Å². The Labute approximate surface area is 103 Å². The summed E-state index contributed by atoms with van der Waals surface area (Å²) in [4.78, 5) is 11.2. The number of amides is 1. The van der Waals surface area contributed by atoms with Crippen molar-refractivity contribution in [3.63, 3.8) is 0 Å². The van der Waals surface area contributed by atoms with Gasteiger partial charge in [0.1, 0.15) is 5.82 Å². The third-order valence-corrected chi connectivity index (χ3v) is 2.99. The highest BCUT2D eigenvalue weighted by Crippen LogP contribution is 2.17. The summed E-state index contributed by atoms with van der Waals surface area (Å²) < 4.78 is 13.5. The molecule has 1 aromatic carbocycles. The van der Waals surface area contributed by atoms with E-state index in [0.717, 1.165) is 5.56 Å². The van der Waals surface area contributed by atoms with E-state index in [1.54, 1.807) is 20.0 Å². The minimum absolute atomic E-state index is 0.0711. The smallest absolute Gasteiger partial charge is 0.236 e. The molecule has 88 valence electrons. The van der Waals surface area contributed by atoms with Crippen LogP contribution in [0.3, 0.4) is 0 Å². The number of carbonyl (C=O) groups excluding carboxylic acids is 1. The van der Waals surface area contributed by atoms with Crippen molar-refractivity contribution in [2.45, 2.75) is 19.5 Å². The Hall–Kier alpha value is -0.940. The first-order chi connectivity index (χ1) is 7.54. The quantitative estimate of drug-likeness (QED) is 0.887. The Morgan fingerprint density at radius 3 is 2.81 bits per heavy atom. The lowest BCUT2D eigenvalue weighted by Gasteiger charge is -2.12. The standard InChI is InChI=1S/C11H14BrFN2O/c1-7(11(16)14-2)15-6-8-3-4-9(13)5-10(8)12/h3-5,7,15H,6H2,1-2H3,(H,14,16)/t7-/m1/s1. The van der Waals surface area contributed by atoms with Gasteiger partial charge >= 0.3 is 0 Å². The predicted molar refractivity (Wildman–Crippen MR) is 64.5 cm³/mol. The Bertz CT molecular complexity index is 384. The Kier molecular flexibility index (Phi) is 4.89. The second kappa shape index (κ2) is 5.96. The maximum absolute atomic E-state index is 12.8. The minimum atomic E-state index is -0.282. The van der Waals surface area contributed by atoms with Crippen LogP contribution in [0.4, 0.5) is 4.39 Å². The number of carbonyl (C=O) groups is 1. The monoisotopic (exact) mass is 288 g/mol. The summed E-state index contributed by atoms with van der Waals surface area (Å²) >= 11 is 3.27. The van der Waals surface area contributed by atoms with Crippen molar-refractivity contribution >= 4 is 21.8 Å². The van der Waals surface area contributed by atoms with Gasteiger partial charge in [0, 0.05) is 18.1 Å². The lowest BCUT2D eigenvalue weighted by molar-refractivity contribution is -0.122. The molecular formula is C11H14BrFN2O. The summed E-state index contributed by atoms with van der Waals surface area (Å²) in [5, 5.41) is 5.60. The molecule has 0 saturated heterocycles. The fourth-order valence-corrected chi connectivity index (χ4v) is 1.73. The van der Waals surface area contributed by atoms with Crippen molar-refractivity contribution in [3.05, 3.63) is 34.1 Å². The van der Waals surface area contributed by atoms with E-state index in [9.17, 15) is 9.18 Å². The van der Waals surface area contributed by atoms with Crippen LogP contribution in [-0.4, -0.2) is 19.0 Å². The summed E-state index contributed by atoms with van der Waals surface area (Å²) in [6, 6.07) is 4.21. The van der Waals surface area contributed by atoms with Gasteiger partial charge < -0.3 is 10.6 Å². The van der Waals surface area contributed by atoms with Crippen LogP contribution in [0.1, 0.15) is 12.5 Å². The summed E-state index contributed by atoms with van der Waals surface area (Å²) in [6.07, 6.45) is 0. The molecule has 0 aliphatic rings. The molecule has 0 saturated carbocycles. The summed E-state index contributed by atoms with van der Waals surface area (Å²) in [5.41, 5.74) is 0.914.